The van der Waals surface area contributed by atoms with E-state index >= 15 is 0 Å². The van der Waals surface area contributed by atoms with Crippen molar-refractivity contribution in [2.45, 2.75) is 6.42 Å². The van der Waals surface area contributed by atoms with Crippen LogP contribution in [0.15, 0.2) is 18.2 Å². The number of benzene rings is 1. The number of nitrogens with zero attached hydrogens (tertiary/aromatic N) is 1. The van der Waals surface area contributed by atoms with Crippen LogP contribution in [-0.4, -0.2) is 42.1 Å². The van der Waals surface area contributed by atoms with E-state index in [-0.39, 0.29) is 12.5 Å². The van der Waals surface area contributed by atoms with Crippen molar-refractivity contribution in [1.29, 1.82) is 0 Å². The zero-order valence-corrected chi connectivity index (χ0v) is 11.2. The van der Waals surface area contributed by atoms with Gasteiger partial charge in [0.15, 0.2) is 0 Å². The van der Waals surface area contributed by atoms with Crippen LogP contribution in [0.5, 0.6) is 5.75 Å². The zero-order chi connectivity index (χ0) is 14.0. The summed E-state index contributed by atoms with van der Waals surface area (Å²) in [7, 11) is 1.46. The van der Waals surface area contributed by atoms with Crippen LogP contribution in [0.4, 0.5) is 0 Å². The molecule has 0 aliphatic carbocycles. The summed E-state index contributed by atoms with van der Waals surface area (Å²) in [5, 5.41) is 9.42. The van der Waals surface area contributed by atoms with Gasteiger partial charge in [-0.2, -0.15) is 0 Å². The van der Waals surface area contributed by atoms with Crippen molar-refractivity contribution < 1.29 is 19.4 Å². The molecule has 1 aliphatic rings. The molecule has 102 valence electrons. The Bertz CT molecular complexity index is 517. The Morgan fingerprint density at radius 1 is 1.47 bits per heavy atom. The van der Waals surface area contributed by atoms with Crippen molar-refractivity contribution in [3.8, 4) is 5.75 Å². The van der Waals surface area contributed by atoms with E-state index in [0.29, 0.717) is 29.3 Å². The minimum absolute atomic E-state index is 0.225. The van der Waals surface area contributed by atoms with Crippen LogP contribution in [0.1, 0.15) is 16.8 Å². The Morgan fingerprint density at radius 3 is 2.79 bits per heavy atom. The molecule has 1 amide bonds. The summed E-state index contributed by atoms with van der Waals surface area (Å²) in [6, 6.07) is 4.78. The predicted octanol–water partition coefficient (Wildman–Crippen LogP) is 1.90. The van der Waals surface area contributed by atoms with Crippen LogP contribution in [0, 0.1) is 5.92 Å². The molecule has 0 aromatic heterocycles. The highest BCUT2D eigenvalue weighted by Gasteiger charge is 2.32. The number of carboxylic acids is 1. The van der Waals surface area contributed by atoms with Crippen molar-refractivity contribution in [2.75, 3.05) is 20.2 Å². The van der Waals surface area contributed by atoms with E-state index in [1.54, 1.807) is 18.2 Å². The fourth-order valence-electron chi connectivity index (χ4n) is 2.16. The minimum atomic E-state index is -0.863. The lowest BCUT2D eigenvalue weighted by molar-refractivity contribution is -0.141. The third-order valence-electron chi connectivity index (χ3n) is 3.22. The Kier molecular flexibility index (Phi) is 3.95. The smallest absolute Gasteiger partial charge is 0.308 e. The summed E-state index contributed by atoms with van der Waals surface area (Å²) in [5.41, 5.74) is 0.401. The number of likely N-dealkylation sites (tertiary alicyclic amines) is 1. The molecular formula is C13H14ClNO4. The van der Waals surface area contributed by atoms with E-state index in [1.165, 1.54) is 12.0 Å². The molecule has 0 spiro atoms. The topological polar surface area (TPSA) is 66.8 Å². The minimum Gasteiger partial charge on any atom is -0.496 e. The average Bonchev–Trinajstić information content (AvgIpc) is 2.87. The number of carbonyl (C=O) groups is 2. The molecule has 0 unspecified atom stereocenters. The van der Waals surface area contributed by atoms with Crippen molar-refractivity contribution in [2.24, 2.45) is 5.92 Å². The van der Waals surface area contributed by atoms with Crippen LogP contribution < -0.4 is 4.74 Å². The van der Waals surface area contributed by atoms with E-state index in [1.807, 2.05) is 0 Å². The molecule has 5 nitrogen and oxygen atoms in total. The van der Waals surface area contributed by atoms with Gasteiger partial charge < -0.3 is 14.7 Å². The maximum Gasteiger partial charge on any atom is 0.308 e. The number of halogens is 1. The molecule has 2 rings (SSSR count). The summed E-state index contributed by atoms with van der Waals surface area (Å²) in [6.07, 6.45) is 0.483. The molecule has 1 heterocycles. The number of methoxy groups -OCH3 is 1. The van der Waals surface area contributed by atoms with Gasteiger partial charge in [-0.25, -0.2) is 0 Å². The first-order valence-electron chi connectivity index (χ1n) is 5.88. The fourth-order valence-corrected chi connectivity index (χ4v) is 2.32. The van der Waals surface area contributed by atoms with Crippen LogP contribution in [-0.2, 0) is 4.79 Å². The first-order valence-corrected chi connectivity index (χ1v) is 6.26. The quantitative estimate of drug-likeness (QED) is 0.920. The van der Waals surface area contributed by atoms with Gasteiger partial charge in [0.1, 0.15) is 5.75 Å². The second kappa shape index (κ2) is 5.48. The normalized spacial score (nSPS) is 18.4. The molecule has 1 aliphatic heterocycles. The molecule has 1 fully saturated rings. The van der Waals surface area contributed by atoms with Crippen molar-refractivity contribution >= 4 is 23.5 Å². The van der Waals surface area contributed by atoms with Crippen molar-refractivity contribution in [1.82, 2.24) is 4.90 Å². The van der Waals surface area contributed by atoms with Crippen LogP contribution in [0.2, 0.25) is 5.02 Å². The van der Waals surface area contributed by atoms with E-state index < -0.39 is 11.9 Å². The monoisotopic (exact) mass is 283 g/mol. The van der Waals surface area contributed by atoms with Crippen LogP contribution in [0.25, 0.3) is 0 Å². The van der Waals surface area contributed by atoms with Gasteiger partial charge in [0, 0.05) is 18.1 Å². The van der Waals surface area contributed by atoms with Gasteiger partial charge in [-0.3, -0.25) is 9.59 Å². The first-order chi connectivity index (χ1) is 9.02. The average molecular weight is 284 g/mol. The standard InChI is InChI=1S/C13H14ClNO4/c1-19-11-6-9(14)2-3-10(11)12(16)15-5-4-8(7-15)13(17)18/h2-3,6,8H,4-5,7H2,1H3,(H,17,18)/t8-/m1/s1. The van der Waals surface area contributed by atoms with E-state index in [2.05, 4.69) is 0 Å². The zero-order valence-electron chi connectivity index (χ0n) is 10.4. The second-order valence-electron chi connectivity index (χ2n) is 4.42. The van der Waals surface area contributed by atoms with Gasteiger partial charge in [0.2, 0.25) is 0 Å². The molecular weight excluding hydrogens is 270 g/mol. The van der Waals surface area contributed by atoms with Crippen molar-refractivity contribution in [3.63, 3.8) is 0 Å². The first kappa shape index (κ1) is 13.7. The predicted molar refractivity (Wildman–Crippen MR) is 69.7 cm³/mol. The number of carboxylic acid groups (broad SMARTS) is 1. The SMILES string of the molecule is COc1cc(Cl)ccc1C(=O)N1CC[C@@H](C(=O)O)C1. The number of rotatable bonds is 3. The summed E-state index contributed by atoms with van der Waals surface area (Å²) in [4.78, 5) is 24.7. The van der Waals surface area contributed by atoms with Crippen LogP contribution >= 0.6 is 11.6 Å². The highest BCUT2D eigenvalue weighted by Crippen LogP contribution is 2.26. The number of ether oxygens (including phenoxy) is 1. The lowest BCUT2D eigenvalue weighted by atomic mass is 10.1. The molecule has 1 saturated heterocycles. The Hall–Kier alpha value is -1.75. The maximum atomic E-state index is 12.3. The number of hydrogen-bond donors (Lipinski definition) is 1. The highest BCUT2D eigenvalue weighted by atomic mass is 35.5. The van der Waals surface area contributed by atoms with Gasteiger partial charge in [0.25, 0.3) is 5.91 Å². The number of carbonyl (C=O) groups excluding carboxylic acids is 1. The Balaban J connectivity index is 2.19. The van der Waals surface area contributed by atoms with E-state index in [9.17, 15) is 9.59 Å². The largest absolute Gasteiger partial charge is 0.496 e. The molecule has 6 heteroatoms. The van der Waals surface area contributed by atoms with Gasteiger partial charge in [-0.05, 0) is 24.6 Å². The third kappa shape index (κ3) is 2.81. The molecule has 0 bridgehead atoms. The molecule has 1 atom stereocenters. The molecule has 1 aromatic carbocycles. The van der Waals surface area contributed by atoms with Crippen molar-refractivity contribution in [3.05, 3.63) is 28.8 Å². The van der Waals surface area contributed by atoms with Gasteiger partial charge >= 0.3 is 5.97 Å². The summed E-state index contributed by atoms with van der Waals surface area (Å²) >= 11 is 5.84. The molecule has 19 heavy (non-hydrogen) atoms. The number of aliphatic carboxylic acids is 1. The Labute approximate surface area is 115 Å². The lowest BCUT2D eigenvalue weighted by Gasteiger charge is -2.17. The molecule has 0 radical (unpaired) electrons. The van der Waals surface area contributed by atoms with Gasteiger partial charge in [0.05, 0.1) is 18.6 Å². The summed E-state index contributed by atoms with van der Waals surface area (Å²) in [5.74, 6) is -1.17. The number of amides is 1. The maximum absolute atomic E-state index is 12.3. The third-order valence-corrected chi connectivity index (χ3v) is 3.45. The van der Waals surface area contributed by atoms with E-state index in [4.69, 9.17) is 21.4 Å². The summed E-state index contributed by atoms with van der Waals surface area (Å²) in [6.45, 7) is 0.682. The Morgan fingerprint density at radius 2 is 2.21 bits per heavy atom. The molecule has 1 aromatic rings. The lowest BCUT2D eigenvalue weighted by Crippen LogP contribution is -2.30. The van der Waals surface area contributed by atoms with Gasteiger partial charge in [-0.15, -0.1) is 0 Å². The molecule has 1 N–H and O–H groups in total. The fraction of sp³-hybridized carbons (Fsp3) is 0.385. The molecule has 0 saturated carbocycles. The summed E-state index contributed by atoms with van der Waals surface area (Å²) < 4.78 is 5.13. The second-order valence-corrected chi connectivity index (χ2v) is 4.86. The number of hydrogen-bond acceptors (Lipinski definition) is 3. The van der Waals surface area contributed by atoms with E-state index in [0.717, 1.165) is 0 Å². The highest BCUT2D eigenvalue weighted by molar-refractivity contribution is 6.30. The van der Waals surface area contributed by atoms with Gasteiger partial charge in [-0.1, -0.05) is 11.6 Å². The van der Waals surface area contributed by atoms with Crippen LogP contribution in [0.3, 0.4) is 0 Å².